The molecule has 6 heteroatoms. The second-order valence-electron chi connectivity index (χ2n) is 8.76. The Morgan fingerprint density at radius 3 is 2.57 bits per heavy atom. The van der Waals surface area contributed by atoms with Gasteiger partial charge in [0.2, 0.25) is 0 Å². The van der Waals surface area contributed by atoms with Gasteiger partial charge in [0.25, 0.3) is 5.91 Å². The minimum atomic E-state index is -0.255. The highest BCUT2D eigenvalue weighted by Gasteiger charge is 2.66. The van der Waals surface area contributed by atoms with Gasteiger partial charge >= 0.3 is 0 Å². The third-order valence-electron chi connectivity index (χ3n) is 6.13. The van der Waals surface area contributed by atoms with Crippen LogP contribution >= 0.6 is 11.6 Å². The third-order valence-corrected chi connectivity index (χ3v) is 6.44. The van der Waals surface area contributed by atoms with Crippen LogP contribution in [0.2, 0.25) is 5.02 Å². The van der Waals surface area contributed by atoms with Gasteiger partial charge in [0, 0.05) is 41.9 Å². The van der Waals surface area contributed by atoms with E-state index in [-0.39, 0.29) is 28.9 Å². The van der Waals surface area contributed by atoms with Crippen molar-refractivity contribution in [1.82, 2.24) is 9.88 Å². The quantitative estimate of drug-likeness (QED) is 0.770. The number of aromatic nitrogens is 1. The molecule has 0 radical (unpaired) electrons. The average molecular weight is 396 g/mol. The molecule has 0 unspecified atom stereocenters. The maximum Gasteiger partial charge on any atom is 0.256 e. The fraction of sp³-hybridized carbons (Fsp3) is 0.409. The van der Waals surface area contributed by atoms with Gasteiger partial charge in [-0.2, -0.15) is 5.26 Å². The lowest BCUT2D eigenvalue weighted by Gasteiger charge is -2.65. The van der Waals surface area contributed by atoms with Gasteiger partial charge in [-0.15, -0.1) is 0 Å². The molecule has 2 heterocycles. The van der Waals surface area contributed by atoms with Crippen molar-refractivity contribution >= 4 is 17.5 Å². The zero-order valence-electron chi connectivity index (χ0n) is 16.4. The number of halogens is 1. The van der Waals surface area contributed by atoms with Crippen LogP contribution < -0.4 is 4.74 Å². The summed E-state index contributed by atoms with van der Waals surface area (Å²) < 4.78 is 6.32. The zero-order valence-corrected chi connectivity index (χ0v) is 17.1. The number of nitrogens with zero attached hydrogens (tertiary/aromatic N) is 3. The van der Waals surface area contributed by atoms with Crippen molar-refractivity contribution in [3.63, 3.8) is 0 Å². The van der Waals surface area contributed by atoms with Gasteiger partial charge in [0.05, 0.1) is 16.1 Å². The van der Waals surface area contributed by atoms with E-state index in [1.54, 1.807) is 30.6 Å². The maximum atomic E-state index is 13.0. The smallest absolute Gasteiger partial charge is 0.256 e. The van der Waals surface area contributed by atoms with E-state index < -0.39 is 0 Å². The summed E-state index contributed by atoms with van der Waals surface area (Å²) >= 11 is 6.16. The predicted octanol–water partition coefficient (Wildman–Crippen LogP) is 4.44. The van der Waals surface area contributed by atoms with Gasteiger partial charge < -0.3 is 9.64 Å². The molecule has 0 atom stereocenters. The number of carbonyl (C=O) groups excluding carboxylic acids is 1. The van der Waals surface area contributed by atoms with Crippen LogP contribution in [0.5, 0.6) is 5.75 Å². The van der Waals surface area contributed by atoms with Crippen molar-refractivity contribution < 1.29 is 9.53 Å². The van der Waals surface area contributed by atoms with Crippen molar-refractivity contribution in [2.24, 2.45) is 10.8 Å². The Bertz CT molecular complexity index is 993. The average Bonchev–Trinajstić information content (AvgIpc) is 2.95. The number of fused-ring (bicyclic) bond motifs is 1. The van der Waals surface area contributed by atoms with Crippen molar-refractivity contribution in [2.75, 3.05) is 0 Å². The molecule has 1 aliphatic carbocycles. The number of carbonyl (C=O) groups is 1. The summed E-state index contributed by atoms with van der Waals surface area (Å²) in [5, 5.41) is 9.43. The van der Waals surface area contributed by atoms with E-state index in [0.29, 0.717) is 28.4 Å². The molecule has 1 aromatic carbocycles. The molecule has 1 aromatic heterocycles. The van der Waals surface area contributed by atoms with Gasteiger partial charge in [-0.1, -0.05) is 39.3 Å². The molecule has 1 amide bonds. The highest BCUT2D eigenvalue weighted by molar-refractivity contribution is 6.31. The normalized spacial score (nSPS) is 24.3. The predicted molar refractivity (Wildman–Crippen MR) is 106 cm³/mol. The Labute approximate surface area is 169 Å². The highest BCUT2D eigenvalue weighted by atomic mass is 35.5. The SMILES string of the molecule is CC1(C)C(Oc2ccc(C#N)c(Cl)c2)C(C)(C)C1N1Cc2ccncc2C1=O. The van der Waals surface area contributed by atoms with E-state index in [1.165, 1.54) is 0 Å². The summed E-state index contributed by atoms with van der Waals surface area (Å²) in [6.45, 7) is 9.13. The first-order valence-electron chi connectivity index (χ1n) is 9.28. The van der Waals surface area contributed by atoms with Crippen molar-refractivity contribution in [3.05, 3.63) is 58.4 Å². The summed E-state index contributed by atoms with van der Waals surface area (Å²) in [5.41, 5.74) is 1.63. The molecule has 5 nitrogen and oxygen atoms in total. The fourth-order valence-corrected chi connectivity index (χ4v) is 5.60. The molecule has 0 N–H and O–H groups in total. The first-order valence-corrected chi connectivity index (χ1v) is 9.66. The number of hydrogen-bond acceptors (Lipinski definition) is 4. The Kier molecular flexibility index (Phi) is 4.17. The van der Waals surface area contributed by atoms with Gasteiger partial charge in [0.1, 0.15) is 17.9 Å². The maximum absolute atomic E-state index is 13.0. The lowest BCUT2D eigenvalue weighted by Crippen LogP contribution is -2.74. The largest absolute Gasteiger partial charge is 0.489 e. The lowest BCUT2D eigenvalue weighted by atomic mass is 9.49. The number of pyridine rings is 1. The highest BCUT2D eigenvalue weighted by Crippen LogP contribution is 2.59. The van der Waals surface area contributed by atoms with Crippen LogP contribution in [0.25, 0.3) is 0 Å². The summed E-state index contributed by atoms with van der Waals surface area (Å²) in [4.78, 5) is 19.0. The van der Waals surface area contributed by atoms with Crippen LogP contribution in [0.3, 0.4) is 0 Å². The fourth-order valence-electron chi connectivity index (χ4n) is 5.38. The Morgan fingerprint density at radius 2 is 1.96 bits per heavy atom. The zero-order chi connectivity index (χ0) is 20.3. The van der Waals surface area contributed by atoms with Crippen molar-refractivity contribution in [2.45, 2.75) is 46.4 Å². The first-order chi connectivity index (χ1) is 13.2. The second-order valence-corrected chi connectivity index (χ2v) is 9.17. The first kappa shape index (κ1) is 18.8. The van der Waals surface area contributed by atoms with E-state index in [4.69, 9.17) is 21.6 Å². The Balaban J connectivity index is 1.60. The van der Waals surface area contributed by atoms with Gasteiger partial charge in [-0.3, -0.25) is 9.78 Å². The monoisotopic (exact) mass is 395 g/mol. The summed E-state index contributed by atoms with van der Waals surface area (Å²) in [7, 11) is 0. The molecule has 2 aromatic rings. The molecule has 2 aliphatic rings. The van der Waals surface area contributed by atoms with E-state index in [0.717, 1.165) is 5.56 Å². The molecule has 1 aliphatic heterocycles. The Morgan fingerprint density at radius 1 is 1.25 bits per heavy atom. The molecular weight excluding hydrogens is 374 g/mol. The molecule has 1 saturated carbocycles. The molecule has 0 spiro atoms. The minimum absolute atomic E-state index is 0.0266. The van der Waals surface area contributed by atoms with Crippen LogP contribution in [0, 0.1) is 22.2 Å². The molecule has 0 bridgehead atoms. The van der Waals surface area contributed by atoms with Gasteiger partial charge in [-0.05, 0) is 23.8 Å². The lowest BCUT2D eigenvalue weighted by molar-refractivity contribution is -0.199. The molecular formula is C22H22ClN3O2. The van der Waals surface area contributed by atoms with E-state index in [1.807, 2.05) is 11.0 Å². The number of benzene rings is 1. The van der Waals surface area contributed by atoms with Crippen LogP contribution in [0.15, 0.2) is 36.7 Å². The molecule has 4 rings (SSSR count). The number of rotatable bonds is 3. The van der Waals surface area contributed by atoms with Gasteiger partial charge in [0.15, 0.2) is 0 Å². The molecule has 28 heavy (non-hydrogen) atoms. The standard InChI is InChI=1S/C22H22ClN3O2/c1-21(2)19(26-12-14-7-8-25-11-16(14)18(26)27)22(3,4)20(21)28-15-6-5-13(10-24)17(23)9-15/h5-9,11,19-20H,12H2,1-4H3. The van der Waals surface area contributed by atoms with Gasteiger partial charge in [-0.25, -0.2) is 0 Å². The van der Waals surface area contributed by atoms with E-state index in [2.05, 4.69) is 38.7 Å². The van der Waals surface area contributed by atoms with Crippen molar-refractivity contribution in [3.8, 4) is 11.8 Å². The molecule has 0 saturated heterocycles. The van der Waals surface area contributed by atoms with Crippen LogP contribution in [-0.4, -0.2) is 27.9 Å². The van der Waals surface area contributed by atoms with Crippen LogP contribution in [0.1, 0.15) is 49.2 Å². The molecule has 1 fully saturated rings. The van der Waals surface area contributed by atoms with Crippen LogP contribution in [-0.2, 0) is 6.54 Å². The van der Waals surface area contributed by atoms with Crippen LogP contribution in [0.4, 0.5) is 0 Å². The summed E-state index contributed by atoms with van der Waals surface area (Å²) in [6, 6.07) is 9.12. The number of hydrogen-bond donors (Lipinski definition) is 0. The topological polar surface area (TPSA) is 66.2 Å². The summed E-state index contributed by atoms with van der Waals surface area (Å²) in [5.74, 6) is 0.669. The molecule has 144 valence electrons. The van der Waals surface area contributed by atoms with Crippen molar-refractivity contribution in [1.29, 1.82) is 5.26 Å². The van der Waals surface area contributed by atoms with E-state index >= 15 is 0 Å². The number of ether oxygens (including phenoxy) is 1. The van der Waals surface area contributed by atoms with E-state index in [9.17, 15) is 4.79 Å². The minimum Gasteiger partial charge on any atom is -0.489 e. The number of amides is 1. The number of nitriles is 1. The summed E-state index contributed by atoms with van der Waals surface area (Å²) in [6.07, 6.45) is 3.28. The second kappa shape index (κ2) is 6.22. The third kappa shape index (κ3) is 2.59. The Hall–Kier alpha value is -2.58.